The van der Waals surface area contributed by atoms with Gasteiger partial charge in [0.25, 0.3) is 5.91 Å². The summed E-state index contributed by atoms with van der Waals surface area (Å²) in [6, 6.07) is 9.54. The van der Waals surface area contributed by atoms with E-state index in [0.29, 0.717) is 22.2 Å². The first kappa shape index (κ1) is 19.7. The number of carbonyl (C=O) groups excluding carboxylic acids is 1. The Morgan fingerprint density at radius 2 is 2.00 bits per heavy atom. The number of carbonyl (C=O) groups is 1. The van der Waals surface area contributed by atoms with Gasteiger partial charge in [-0.05, 0) is 43.9 Å². The molecule has 6 N–H and O–H groups in total. The van der Waals surface area contributed by atoms with Crippen molar-refractivity contribution in [2.24, 2.45) is 16.8 Å². The fourth-order valence-electron chi connectivity index (χ4n) is 3.66. The number of hydrazone groups is 1. The number of rotatable bonds is 5. The minimum absolute atomic E-state index is 0.0522. The summed E-state index contributed by atoms with van der Waals surface area (Å²) >= 11 is 0. The van der Waals surface area contributed by atoms with E-state index in [9.17, 15) is 9.18 Å². The molecule has 8 nitrogen and oxygen atoms in total. The third-order valence-electron chi connectivity index (χ3n) is 5.15. The van der Waals surface area contributed by atoms with Gasteiger partial charge in [-0.25, -0.2) is 10.2 Å². The molecule has 1 fully saturated rings. The van der Waals surface area contributed by atoms with Crippen LogP contribution >= 0.6 is 0 Å². The molecule has 0 atom stereocenters. The van der Waals surface area contributed by atoms with Gasteiger partial charge in [0.2, 0.25) is 0 Å². The number of nitrogens with one attached hydrogen (secondary N) is 2. The fourth-order valence-corrected chi connectivity index (χ4v) is 3.66. The molecule has 3 aromatic rings. The number of nitrogens with zero attached hydrogens (tertiary/aromatic N) is 1. The molecule has 1 heterocycles. The van der Waals surface area contributed by atoms with Crippen LogP contribution < -0.4 is 27.2 Å². The van der Waals surface area contributed by atoms with Crippen LogP contribution in [0, 0.1) is 5.82 Å². The van der Waals surface area contributed by atoms with E-state index in [2.05, 4.69) is 15.8 Å². The summed E-state index contributed by atoms with van der Waals surface area (Å²) in [5.41, 5.74) is 3.89. The molecule has 1 amide bonds. The Morgan fingerprint density at radius 3 is 2.70 bits per heavy atom. The number of para-hydroxylation sites is 1. The van der Waals surface area contributed by atoms with Gasteiger partial charge >= 0.3 is 0 Å². The van der Waals surface area contributed by atoms with E-state index in [-0.39, 0.29) is 23.3 Å². The van der Waals surface area contributed by atoms with Crippen molar-refractivity contribution >= 4 is 28.4 Å². The average Bonchev–Trinajstić information content (AvgIpc) is 3.41. The molecular weight excluding hydrogens is 389 g/mol. The highest BCUT2D eigenvalue weighted by Crippen LogP contribution is 2.29. The van der Waals surface area contributed by atoms with Gasteiger partial charge in [0.1, 0.15) is 11.8 Å². The Balaban J connectivity index is 1.55. The maximum atomic E-state index is 14.4. The third-order valence-corrected chi connectivity index (χ3v) is 5.15. The number of hydrogen-bond donors (Lipinski definition) is 4. The van der Waals surface area contributed by atoms with Crippen molar-refractivity contribution < 1.29 is 18.3 Å². The standard InChI is InChI=1S/C21H22FN5O3/c22-17-10-12(8-9-18(17)30-13-4-1-2-5-13)25-21(28)16-11-29-19-14(16)6-3-7-15(19)20(26-23)27-24/h3,6-11,13H,1-2,4-5,23-24H2,(H,25,28)(H,26,27). The van der Waals surface area contributed by atoms with Crippen LogP contribution in [0.2, 0.25) is 0 Å². The van der Waals surface area contributed by atoms with Crippen LogP contribution in [-0.2, 0) is 0 Å². The summed E-state index contributed by atoms with van der Waals surface area (Å²) in [5.74, 6) is 10.2. The second-order valence-corrected chi connectivity index (χ2v) is 7.08. The summed E-state index contributed by atoms with van der Waals surface area (Å²) in [7, 11) is 0. The van der Waals surface area contributed by atoms with Crippen molar-refractivity contribution in [3.63, 3.8) is 0 Å². The molecule has 0 aliphatic heterocycles. The first-order valence-corrected chi connectivity index (χ1v) is 9.63. The number of halogens is 1. The van der Waals surface area contributed by atoms with Gasteiger partial charge in [0, 0.05) is 17.1 Å². The van der Waals surface area contributed by atoms with Crippen LogP contribution in [0.15, 0.2) is 52.2 Å². The number of ether oxygens (including phenoxy) is 1. The molecule has 1 aromatic heterocycles. The number of amides is 1. The van der Waals surface area contributed by atoms with Crippen LogP contribution in [0.25, 0.3) is 11.0 Å². The van der Waals surface area contributed by atoms with E-state index in [4.69, 9.17) is 20.8 Å². The van der Waals surface area contributed by atoms with Gasteiger partial charge in [-0.2, -0.15) is 5.10 Å². The lowest BCUT2D eigenvalue weighted by molar-refractivity contribution is 0.102. The lowest BCUT2D eigenvalue weighted by Crippen LogP contribution is -2.32. The summed E-state index contributed by atoms with van der Waals surface area (Å²) in [5, 5.41) is 6.80. The average molecular weight is 411 g/mol. The molecule has 0 unspecified atom stereocenters. The topological polar surface area (TPSA) is 128 Å². The van der Waals surface area contributed by atoms with Gasteiger partial charge in [0.05, 0.1) is 17.2 Å². The molecule has 9 heteroatoms. The van der Waals surface area contributed by atoms with E-state index in [0.717, 1.165) is 25.7 Å². The number of benzene rings is 2. The molecule has 0 spiro atoms. The zero-order chi connectivity index (χ0) is 21.1. The molecule has 0 radical (unpaired) electrons. The molecule has 30 heavy (non-hydrogen) atoms. The molecule has 1 aliphatic carbocycles. The molecule has 0 saturated heterocycles. The smallest absolute Gasteiger partial charge is 0.259 e. The normalized spacial score (nSPS) is 14.8. The van der Waals surface area contributed by atoms with E-state index in [1.807, 2.05) is 0 Å². The highest BCUT2D eigenvalue weighted by molar-refractivity contribution is 6.16. The highest BCUT2D eigenvalue weighted by atomic mass is 19.1. The second kappa shape index (κ2) is 8.42. The Bertz CT molecular complexity index is 1110. The largest absolute Gasteiger partial charge is 0.487 e. The van der Waals surface area contributed by atoms with Crippen molar-refractivity contribution in [2.75, 3.05) is 5.32 Å². The Hall–Kier alpha value is -3.59. The molecular formula is C21H22FN5O3. The first-order chi connectivity index (χ1) is 14.6. The lowest BCUT2D eigenvalue weighted by atomic mass is 10.1. The zero-order valence-electron chi connectivity index (χ0n) is 16.2. The molecule has 0 bridgehead atoms. The minimum atomic E-state index is -0.517. The van der Waals surface area contributed by atoms with Gasteiger partial charge in [-0.3, -0.25) is 4.79 Å². The van der Waals surface area contributed by atoms with E-state index in [1.54, 1.807) is 24.3 Å². The zero-order valence-corrected chi connectivity index (χ0v) is 16.2. The number of fused-ring (bicyclic) bond motifs is 1. The SMILES string of the molecule is N/N=C(\NN)c1cccc2c(C(=O)Nc3ccc(OC4CCCC4)c(F)c3)coc12. The summed E-state index contributed by atoms with van der Waals surface area (Å²) in [6.45, 7) is 0. The number of amidine groups is 1. The molecule has 4 rings (SSSR count). The van der Waals surface area contributed by atoms with Crippen molar-refractivity contribution in [3.8, 4) is 5.75 Å². The fraction of sp³-hybridized carbons (Fsp3) is 0.238. The maximum absolute atomic E-state index is 14.4. The minimum Gasteiger partial charge on any atom is -0.487 e. The first-order valence-electron chi connectivity index (χ1n) is 9.63. The predicted octanol–water partition coefficient (Wildman–Crippen LogP) is 3.23. The summed E-state index contributed by atoms with van der Waals surface area (Å²) in [4.78, 5) is 12.8. The molecule has 1 aliphatic rings. The summed E-state index contributed by atoms with van der Waals surface area (Å²) < 4.78 is 25.7. The van der Waals surface area contributed by atoms with Crippen LogP contribution in [0.4, 0.5) is 10.1 Å². The quantitative estimate of drug-likeness (QED) is 0.221. The number of furan rings is 1. The summed E-state index contributed by atoms with van der Waals surface area (Å²) in [6.07, 6.45) is 5.44. The third kappa shape index (κ3) is 3.79. The Labute approximate surface area is 172 Å². The highest BCUT2D eigenvalue weighted by Gasteiger charge is 2.20. The van der Waals surface area contributed by atoms with Crippen LogP contribution in [-0.4, -0.2) is 17.8 Å². The predicted molar refractivity (Wildman–Crippen MR) is 111 cm³/mol. The second-order valence-electron chi connectivity index (χ2n) is 7.08. The van der Waals surface area contributed by atoms with Crippen LogP contribution in [0.5, 0.6) is 5.75 Å². The number of hydrazine groups is 1. The number of nitrogens with two attached hydrogens (primary N) is 2. The van der Waals surface area contributed by atoms with Gasteiger partial charge in [-0.1, -0.05) is 12.1 Å². The van der Waals surface area contributed by atoms with Crippen molar-refractivity contribution in [3.05, 3.63) is 59.6 Å². The number of anilines is 1. The van der Waals surface area contributed by atoms with Gasteiger partial charge in [0.15, 0.2) is 17.4 Å². The van der Waals surface area contributed by atoms with E-state index < -0.39 is 11.7 Å². The molecule has 156 valence electrons. The van der Waals surface area contributed by atoms with Crippen LogP contribution in [0.3, 0.4) is 0 Å². The Kier molecular flexibility index (Phi) is 5.53. The van der Waals surface area contributed by atoms with Gasteiger partial charge < -0.3 is 25.7 Å². The monoisotopic (exact) mass is 411 g/mol. The number of hydrogen-bond acceptors (Lipinski definition) is 6. The lowest BCUT2D eigenvalue weighted by Gasteiger charge is -2.14. The van der Waals surface area contributed by atoms with E-state index in [1.165, 1.54) is 18.4 Å². The Morgan fingerprint density at radius 1 is 1.20 bits per heavy atom. The van der Waals surface area contributed by atoms with Crippen molar-refractivity contribution in [1.29, 1.82) is 0 Å². The van der Waals surface area contributed by atoms with Crippen LogP contribution in [0.1, 0.15) is 41.6 Å². The maximum Gasteiger partial charge on any atom is 0.259 e. The van der Waals surface area contributed by atoms with Crippen molar-refractivity contribution in [1.82, 2.24) is 5.43 Å². The molecule has 2 aromatic carbocycles. The van der Waals surface area contributed by atoms with Gasteiger partial charge in [-0.15, -0.1) is 0 Å². The molecule has 1 saturated carbocycles. The van der Waals surface area contributed by atoms with Crippen molar-refractivity contribution in [2.45, 2.75) is 31.8 Å². The van der Waals surface area contributed by atoms with E-state index >= 15 is 0 Å².